The van der Waals surface area contributed by atoms with Crippen molar-refractivity contribution in [1.29, 1.82) is 0 Å². The molecule has 0 aromatic rings. The maximum absolute atomic E-state index is 12.4. The molecule has 1 amide bonds. The fourth-order valence-corrected chi connectivity index (χ4v) is 7.11. The molecular formula is C23H35NO6. The third kappa shape index (κ3) is 2.43. The second kappa shape index (κ2) is 6.55. The number of hydrogen-bond donors (Lipinski definition) is 4. The van der Waals surface area contributed by atoms with Gasteiger partial charge in [-0.05, 0) is 47.7 Å². The number of carbonyl (C=O) groups is 1. The lowest BCUT2D eigenvalue weighted by Crippen LogP contribution is -2.67. The average molecular weight is 422 g/mol. The third-order valence-corrected chi connectivity index (χ3v) is 8.75. The first-order valence-corrected chi connectivity index (χ1v) is 10.8. The lowest BCUT2D eigenvalue weighted by molar-refractivity contribution is -0.216. The summed E-state index contributed by atoms with van der Waals surface area (Å²) >= 11 is 0. The van der Waals surface area contributed by atoms with E-state index in [1.807, 2.05) is 13.0 Å². The summed E-state index contributed by atoms with van der Waals surface area (Å²) in [6.07, 6.45) is 0.170. The van der Waals surface area contributed by atoms with Crippen molar-refractivity contribution in [3.05, 3.63) is 23.3 Å². The van der Waals surface area contributed by atoms with Crippen molar-refractivity contribution in [2.45, 2.75) is 58.0 Å². The summed E-state index contributed by atoms with van der Waals surface area (Å²) in [6.45, 7) is 7.70. The number of nitrogens with zero attached hydrogens (tertiary/aromatic N) is 1. The van der Waals surface area contributed by atoms with E-state index in [0.29, 0.717) is 11.5 Å². The molecular weight excluding hydrogens is 386 g/mol. The molecule has 4 N–H and O–H groups in total. The highest BCUT2D eigenvalue weighted by Gasteiger charge is 2.76. The van der Waals surface area contributed by atoms with Crippen LogP contribution in [0.15, 0.2) is 23.3 Å². The molecule has 0 radical (unpaired) electrons. The first-order chi connectivity index (χ1) is 13.9. The van der Waals surface area contributed by atoms with Crippen LogP contribution in [0.2, 0.25) is 0 Å². The maximum Gasteiger partial charge on any atom is 0.409 e. The Bertz CT molecular complexity index is 819. The van der Waals surface area contributed by atoms with Gasteiger partial charge in [0.2, 0.25) is 0 Å². The molecule has 0 aromatic carbocycles. The summed E-state index contributed by atoms with van der Waals surface area (Å²) in [5, 5.41) is 45.5. The Morgan fingerprint density at radius 2 is 1.93 bits per heavy atom. The Balaban J connectivity index is 1.91. The highest BCUT2D eigenvalue weighted by molar-refractivity contribution is 5.68. The van der Waals surface area contributed by atoms with Gasteiger partial charge in [-0.15, -0.1) is 0 Å². The van der Waals surface area contributed by atoms with Crippen LogP contribution in [0.25, 0.3) is 0 Å². The van der Waals surface area contributed by atoms with Crippen LogP contribution in [0.5, 0.6) is 0 Å². The monoisotopic (exact) mass is 421 g/mol. The Labute approximate surface area is 178 Å². The van der Waals surface area contributed by atoms with Crippen molar-refractivity contribution >= 4 is 6.09 Å². The number of rotatable bonds is 2. The normalized spacial score (nSPS) is 48.4. The quantitative estimate of drug-likeness (QED) is 0.501. The van der Waals surface area contributed by atoms with Crippen LogP contribution in [0, 0.1) is 34.5 Å². The number of ether oxygens (including phenoxy) is 1. The fraction of sp³-hybridized carbons (Fsp3) is 0.783. The molecule has 9 atom stereocenters. The molecule has 1 unspecified atom stereocenters. The van der Waals surface area contributed by atoms with Gasteiger partial charge in [0.25, 0.3) is 0 Å². The molecule has 0 aromatic heterocycles. The van der Waals surface area contributed by atoms with E-state index in [0.717, 1.165) is 6.42 Å². The zero-order valence-electron chi connectivity index (χ0n) is 18.7. The molecule has 2 saturated carbocycles. The Kier molecular flexibility index (Phi) is 4.76. The lowest BCUT2D eigenvalue weighted by Gasteiger charge is -2.52. The minimum absolute atomic E-state index is 0.0418. The molecule has 7 heteroatoms. The Morgan fingerprint density at radius 3 is 2.50 bits per heavy atom. The summed E-state index contributed by atoms with van der Waals surface area (Å²) in [5.41, 5.74) is -2.26. The fourth-order valence-electron chi connectivity index (χ4n) is 7.11. The van der Waals surface area contributed by atoms with Crippen LogP contribution in [-0.4, -0.2) is 76.0 Å². The predicted molar refractivity (Wildman–Crippen MR) is 110 cm³/mol. The van der Waals surface area contributed by atoms with E-state index in [1.165, 1.54) is 4.90 Å². The Hall–Kier alpha value is -1.41. The molecule has 0 heterocycles. The van der Waals surface area contributed by atoms with Gasteiger partial charge in [-0.1, -0.05) is 32.9 Å². The van der Waals surface area contributed by atoms with Crippen molar-refractivity contribution in [2.75, 3.05) is 20.7 Å². The van der Waals surface area contributed by atoms with Crippen LogP contribution in [-0.2, 0) is 4.74 Å². The third-order valence-electron chi connectivity index (χ3n) is 8.75. The molecule has 4 rings (SSSR count). The van der Waals surface area contributed by atoms with Gasteiger partial charge in [0, 0.05) is 20.0 Å². The second-order valence-corrected chi connectivity index (χ2v) is 10.7. The molecule has 7 nitrogen and oxygen atoms in total. The maximum atomic E-state index is 12.4. The van der Waals surface area contributed by atoms with Gasteiger partial charge in [-0.3, -0.25) is 0 Å². The zero-order valence-corrected chi connectivity index (χ0v) is 18.7. The number of aliphatic hydroxyl groups is 4. The van der Waals surface area contributed by atoms with Crippen LogP contribution in [0.1, 0.15) is 34.1 Å². The van der Waals surface area contributed by atoms with Gasteiger partial charge in [0.1, 0.15) is 11.7 Å². The molecule has 4 aliphatic rings. The number of hydrogen-bond acceptors (Lipinski definition) is 6. The minimum Gasteiger partial charge on any atom is -0.438 e. The first-order valence-electron chi connectivity index (χ1n) is 10.8. The van der Waals surface area contributed by atoms with Gasteiger partial charge in [-0.25, -0.2) is 4.79 Å². The van der Waals surface area contributed by atoms with Crippen LogP contribution < -0.4 is 0 Å². The van der Waals surface area contributed by atoms with E-state index in [1.54, 1.807) is 27.1 Å². The molecule has 30 heavy (non-hydrogen) atoms. The molecule has 168 valence electrons. The summed E-state index contributed by atoms with van der Waals surface area (Å²) in [6, 6.07) is 0. The lowest BCUT2D eigenvalue weighted by atomic mass is 9.58. The average Bonchev–Trinajstić information content (AvgIpc) is 3.16. The van der Waals surface area contributed by atoms with Crippen molar-refractivity contribution in [1.82, 2.24) is 4.90 Å². The number of fused-ring (bicyclic) bond motifs is 3. The van der Waals surface area contributed by atoms with E-state index < -0.39 is 42.0 Å². The van der Waals surface area contributed by atoms with E-state index >= 15 is 0 Å². The second-order valence-electron chi connectivity index (χ2n) is 10.7. The number of aliphatic hydroxyl groups excluding tert-OH is 3. The van der Waals surface area contributed by atoms with Crippen molar-refractivity contribution in [3.63, 3.8) is 0 Å². The predicted octanol–water partition coefficient (Wildman–Crippen LogP) is 1.31. The number of amides is 1. The highest BCUT2D eigenvalue weighted by Crippen LogP contribution is 2.72. The molecule has 4 aliphatic carbocycles. The van der Waals surface area contributed by atoms with Gasteiger partial charge in [-0.2, -0.15) is 0 Å². The van der Waals surface area contributed by atoms with Crippen LogP contribution >= 0.6 is 0 Å². The largest absolute Gasteiger partial charge is 0.438 e. The number of carbonyl (C=O) groups excluding carboxylic acids is 1. The molecule has 0 saturated heterocycles. The van der Waals surface area contributed by atoms with Crippen molar-refractivity contribution in [2.24, 2.45) is 34.5 Å². The van der Waals surface area contributed by atoms with Crippen molar-refractivity contribution in [3.8, 4) is 0 Å². The molecule has 2 fully saturated rings. The van der Waals surface area contributed by atoms with Gasteiger partial charge in [0.15, 0.2) is 6.10 Å². The topological polar surface area (TPSA) is 110 Å². The molecule has 0 aliphatic heterocycles. The first kappa shape index (κ1) is 21.8. The summed E-state index contributed by atoms with van der Waals surface area (Å²) in [7, 11) is 3.10. The highest BCUT2D eigenvalue weighted by atomic mass is 16.6. The van der Waals surface area contributed by atoms with Gasteiger partial charge >= 0.3 is 6.09 Å². The van der Waals surface area contributed by atoms with E-state index in [-0.39, 0.29) is 28.7 Å². The summed E-state index contributed by atoms with van der Waals surface area (Å²) in [4.78, 5) is 13.7. The van der Waals surface area contributed by atoms with Gasteiger partial charge in [0.05, 0.1) is 18.1 Å². The summed E-state index contributed by atoms with van der Waals surface area (Å²) < 4.78 is 5.67. The van der Waals surface area contributed by atoms with Gasteiger partial charge < -0.3 is 30.1 Å². The zero-order chi connectivity index (χ0) is 22.4. The smallest absolute Gasteiger partial charge is 0.409 e. The van der Waals surface area contributed by atoms with Crippen LogP contribution in [0.4, 0.5) is 4.79 Å². The van der Waals surface area contributed by atoms with E-state index in [4.69, 9.17) is 4.74 Å². The van der Waals surface area contributed by atoms with Crippen molar-refractivity contribution < 1.29 is 30.0 Å². The van der Waals surface area contributed by atoms with E-state index in [2.05, 4.69) is 13.8 Å². The van der Waals surface area contributed by atoms with Crippen LogP contribution in [0.3, 0.4) is 0 Å². The molecule has 2 bridgehead atoms. The molecule has 1 spiro atoms. The summed E-state index contributed by atoms with van der Waals surface area (Å²) in [5.74, 6) is 0.0887. The SMILES string of the molecule is CC1=C[C@]23C(O)[C@@H](C=C(CO)[C@@H](O)[C@]2(O)[C@H]1OC(=O)N(C)C)[C@H]1[C@@H](C[C@H]3C)C1(C)C. The van der Waals surface area contributed by atoms with E-state index in [9.17, 15) is 25.2 Å². The Morgan fingerprint density at radius 1 is 1.30 bits per heavy atom. The standard InChI is InChI=1S/C23H35NO6/c1-11-9-22-12(2)7-15-16(21(15,3)4)14(18(22)27)8-13(10-25)17(26)23(22,29)19(11)30-20(28)24(5)6/h8-9,12,14-19,25-27,29H,7,10H2,1-6H3/t12-,14+,15-,16+,17-,18?,19+,22+,23+/m1/s1. The minimum atomic E-state index is -1.98.